The molecular weight excluding hydrogens is 283 g/mol. The minimum atomic E-state index is -10.7. The van der Waals surface area contributed by atoms with Crippen LogP contribution in [0.1, 0.15) is 27.7 Å². The summed E-state index contributed by atoms with van der Waals surface area (Å²) < 4.78 is 65.8. The molecule has 0 bridgehead atoms. The predicted molar refractivity (Wildman–Crippen MR) is 61.9 cm³/mol. The SMILES string of the molecule is CC[N+](C)(C)C(C)OC(C)C.F[P-](F)(F)(F)(F)F. The van der Waals surface area contributed by atoms with Gasteiger partial charge in [-0.2, -0.15) is 0 Å². The molecule has 2 nitrogen and oxygen atoms in total. The van der Waals surface area contributed by atoms with Gasteiger partial charge in [-0.05, 0) is 20.8 Å². The van der Waals surface area contributed by atoms with Crippen LogP contribution in [0.15, 0.2) is 0 Å². The maximum atomic E-state index is 9.87. The van der Waals surface area contributed by atoms with Gasteiger partial charge in [0.1, 0.15) is 0 Å². The second-order valence-electron chi connectivity index (χ2n) is 4.84. The molecule has 0 amide bonds. The summed E-state index contributed by atoms with van der Waals surface area (Å²) in [7, 11) is -6.28. The quantitative estimate of drug-likeness (QED) is 0.299. The van der Waals surface area contributed by atoms with Gasteiger partial charge in [0, 0.05) is 6.92 Å². The molecule has 9 heteroatoms. The molecule has 0 aliphatic heterocycles. The zero-order valence-electron chi connectivity index (χ0n) is 11.4. The van der Waals surface area contributed by atoms with Crippen LogP contribution in [0.4, 0.5) is 25.2 Å². The summed E-state index contributed by atoms with van der Waals surface area (Å²) >= 11 is 0. The van der Waals surface area contributed by atoms with E-state index in [9.17, 15) is 25.2 Å². The Morgan fingerprint density at radius 3 is 1.39 bits per heavy atom. The fourth-order valence-electron chi connectivity index (χ4n) is 0.816. The van der Waals surface area contributed by atoms with Crippen LogP contribution in [0.5, 0.6) is 0 Å². The van der Waals surface area contributed by atoms with Gasteiger partial charge in [0.05, 0.1) is 26.7 Å². The van der Waals surface area contributed by atoms with Gasteiger partial charge in [-0.25, -0.2) is 0 Å². The second-order valence-corrected chi connectivity index (χ2v) is 6.75. The van der Waals surface area contributed by atoms with Crippen LogP contribution in [-0.2, 0) is 4.74 Å². The molecule has 0 heterocycles. The second kappa shape index (κ2) is 5.13. The van der Waals surface area contributed by atoms with Crippen LogP contribution in [0, 0.1) is 0 Å². The molecule has 18 heavy (non-hydrogen) atoms. The summed E-state index contributed by atoms with van der Waals surface area (Å²) in [6, 6.07) is 0. The molecule has 0 radical (unpaired) electrons. The number of rotatable bonds is 4. The van der Waals surface area contributed by atoms with E-state index in [1.807, 2.05) is 0 Å². The standard InChI is InChI=1S/C9H22NO.F6P/c1-7-10(5,6)9(4)11-8(2)3;1-7(2,3,4,5)6/h8-9H,7H2,1-6H3;/q+1;-1. The van der Waals surface area contributed by atoms with Crippen molar-refractivity contribution in [2.75, 3.05) is 20.6 Å². The molecule has 0 spiro atoms. The Labute approximate surface area is 104 Å². The van der Waals surface area contributed by atoms with E-state index in [1.54, 1.807) is 0 Å². The molecular formula is C9H22F6NOP. The van der Waals surface area contributed by atoms with Crippen molar-refractivity contribution in [3.05, 3.63) is 0 Å². The third kappa shape index (κ3) is 21.2. The zero-order valence-corrected chi connectivity index (χ0v) is 12.3. The topological polar surface area (TPSA) is 9.23 Å². The monoisotopic (exact) mass is 305 g/mol. The minimum absolute atomic E-state index is 0.292. The van der Waals surface area contributed by atoms with E-state index in [4.69, 9.17) is 4.74 Å². The Balaban J connectivity index is 0. The van der Waals surface area contributed by atoms with Gasteiger partial charge in [0.25, 0.3) is 0 Å². The first-order valence-corrected chi connectivity index (χ1v) is 7.42. The van der Waals surface area contributed by atoms with Gasteiger partial charge >= 0.3 is 33.0 Å². The van der Waals surface area contributed by atoms with E-state index in [1.165, 1.54) is 0 Å². The van der Waals surface area contributed by atoms with Crippen LogP contribution in [-0.4, -0.2) is 37.5 Å². The number of nitrogens with zero attached hydrogens (tertiary/aromatic N) is 1. The first kappa shape index (κ1) is 20.3. The molecule has 0 saturated heterocycles. The molecule has 0 N–H and O–H groups in total. The number of halogens is 6. The van der Waals surface area contributed by atoms with Gasteiger partial charge < -0.3 is 9.22 Å². The van der Waals surface area contributed by atoms with Gasteiger partial charge in [0.2, 0.25) is 0 Å². The van der Waals surface area contributed by atoms with Crippen LogP contribution >= 0.6 is 7.81 Å². The average Bonchev–Trinajstić information content (AvgIpc) is 1.96. The fraction of sp³-hybridized carbons (Fsp3) is 1.00. The summed E-state index contributed by atoms with van der Waals surface area (Å²) in [5.41, 5.74) is 0. The number of hydrogen-bond acceptors (Lipinski definition) is 1. The predicted octanol–water partition coefficient (Wildman–Crippen LogP) is 5.24. The molecule has 0 aromatic heterocycles. The molecule has 1 unspecified atom stereocenters. The average molecular weight is 305 g/mol. The van der Waals surface area contributed by atoms with Gasteiger partial charge in [-0.3, -0.25) is 0 Å². The first-order chi connectivity index (χ1) is 7.35. The molecule has 0 saturated carbocycles. The third-order valence-electron chi connectivity index (χ3n) is 2.27. The van der Waals surface area contributed by atoms with Crippen molar-refractivity contribution in [2.45, 2.75) is 40.0 Å². The summed E-state index contributed by atoms with van der Waals surface area (Å²) in [4.78, 5) is 0. The fourth-order valence-corrected chi connectivity index (χ4v) is 0.816. The van der Waals surface area contributed by atoms with E-state index in [0.29, 0.717) is 12.3 Å². The van der Waals surface area contributed by atoms with E-state index in [2.05, 4.69) is 41.8 Å². The zero-order chi connectivity index (χ0) is 15.5. The van der Waals surface area contributed by atoms with Crippen LogP contribution in [0.25, 0.3) is 0 Å². The van der Waals surface area contributed by atoms with Crippen LogP contribution < -0.4 is 0 Å². The number of hydrogen-bond donors (Lipinski definition) is 0. The summed E-state index contributed by atoms with van der Waals surface area (Å²) in [5.74, 6) is 0. The Kier molecular flexibility index (Phi) is 5.78. The summed E-state index contributed by atoms with van der Waals surface area (Å²) in [5, 5.41) is 0. The van der Waals surface area contributed by atoms with Crippen LogP contribution in [0.2, 0.25) is 0 Å². The Hall–Kier alpha value is -0.0700. The van der Waals surface area contributed by atoms with E-state index < -0.39 is 7.81 Å². The van der Waals surface area contributed by atoms with E-state index >= 15 is 0 Å². The molecule has 0 aliphatic carbocycles. The molecule has 116 valence electrons. The summed E-state index contributed by atoms with van der Waals surface area (Å²) in [6.07, 6.45) is 0.619. The van der Waals surface area contributed by atoms with Crippen LogP contribution in [0.3, 0.4) is 0 Å². The Morgan fingerprint density at radius 2 is 1.22 bits per heavy atom. The van der Waals surface area contributed by atoms with Gasteiger partial charge in [0.15, 0.2) is 6.23 Å². The van der Waals surface area contributed by atoms with E-state index in [0.717, 1.165) is 11.0 Å². The van der Waals surface area contributed by atoms with Crippen molar-refractivity contribution in [1.29, 1.82) is 0 Å². The first-order valence-electron chi connectivity index (χ1n) is 5.39. The Morgan fingerprint density at radius 1 is 0.944 bits per heavy atom. The van der Waals surface area contributed by atoms with E-state index in [-0.39, 0.29) is 0 Å². The van der Waals surface area contributed by atoms with Crippen molar-refractivity contribution in [1.82, 2.24) is 0 Å². The van der Waals surface area contributed by atoms with Gasteiger partial charge in [-0.1, -0.05) is 0 Å². The van der Waals surface area contributed by atoms with Crippen molar-refractivity contribution >= 4 is 7.81 Å². The van der Waals surface area contributed by atoms with Crippen molar-refractivity contribution in [3.8, 4) is 0 Å². The maximum absolute atomic E-state index is 10.7. The summed E-state index contributed by atoms with van der Waals surface area (Å²) in [6.45, 7) is 9.57. The van der Waals surface area contributed by atoms with Crippen molar-refractivity contribution in [3.63, 3.8) is 0 Å². The normalized spacial score (nSPS) is 18.5. The molecule has 0 aromatic rings. The Bertz CT molecular complexity index is 248. The third-order valence-corrected chi connectivity index (χ3v) is 2.27. The van der Waals surface area contributed by atoms with Crippen molar-refractivity contribution in [2.24, 2.45) is 0 Å². The molecule has 0 fully saturated rings. The molecule has 0 rings (SSSR count). The molecule has 0 aliphatic rings. The number of quaternary nitrogens is 1. The van der Waals surface area contributed by atoms with Crippen molar-refractivity contribution < 1.29 is 34.4 Å². The molecule has 1 atom stereocenters. The van der Waals surface area contributed by atoms with Gasteiger partial charge in [-0.15, -0.1) is 0 Å². The number of ether oxygens (including phenoxy) is 1. The molecule has 0 aromatic carbocycles.